The fraction of sp³-hybridized carbons (Fsp3) is 0.364. The van der Waals surface area contributed by atoms with Crippen molar-refractivity contribution in [3.63, 3.8) is 0 Å². The molecule has 15 heavy (non-hydrogen) atoms. The predicted octanol–water partition coefficient (Wildman–Crippen LogP) is 0.931. The molecule has 2 heterocycles. The van der Waals surface area contributed by atoms with Gasteiger partial charge in [0.05, 0.1) is 0 Å². The fourth-order valence-electron chi connectivity index (χ4n) is 1.46. The molecule has 1 aliphatic rings. The highest BCUT2D eigenvalue weighted by Gasteiger charge is 2.33. The lowest BCUT2D eigenvalue weighted by Gasteiger charge is -2.07. The van der Waals surface area contributed by atoms with Crippen molar-refractivity contribution in [2.24, 2.45) is 4.99 Å². The van der Waals surface area contributed by atoms with Crippen LogP contribution in [0.15, 0.2) is 29.4 Å². The third-order valence-corrected chi connectivity index (χ3v) is 2.30. The summed E-state index contributed by atoms with van der Waals surface area (Å²) in [7, 11) is 0. The van der Waals surface area contributed by atoms with Gasteiger partial charge in [-0.1, -0.05) is 6.07 Å². The molecule has 0 aromatic carbocycles. The minimum absolute atomic E-state index is 0.0477. The van der Waals surface area contributed by atoms with Crippen molar-refractivity contribution in [1.29, 1.82) is 0 Å². The Morgan fingerprint density at radius 2 is 2.20 bits per heavy atom. The number of carbonyl (C=O) groups is 1. The third-order valence-electron chi connectivity index (χ3n) is 2.30. The van der Waals surface area contributed by atoms with Gasteiger partial charge in [0, 0.05) is 18.3 Å². The number of pyridine rings is 1. The standard InChI is InChI=1S/C11H13N3O/c1-11(2)10(15)13-9(14-11)7-8-5-3-4-6-12-8/h3-6H,7H2,1-2H3,(H,13,14,15). The lowest BCUT2D eigenvalue weighted by Crippen LogP contribution is -2.34. The van der Waals surface area contributed by atoms with E-state index in [1.807, 2.05) is 18.2 Å². The number of nitrogens with zero attached hydrogens (tertiary/aromatic N) is 2. The van der Waals surface area contributed by atoms with Gasteiger partial charge in [0.25, 0.3) is 5.91 Å². The Bertz CT molecular complexity index is 409. The number of amides is 1. The Balaban J connectivity index is 2.13. The predicted molar refractivity (Wildman–Crippen MR) is 57.6 cm³/mol. The van der Waals surface area contributed by atoms with Gasteiger partial charge in [-0.3, -0.25) is 14.8 Å². The molecule has 1 amide bonds. The largest absolute Gasteiger partial charge is 0.312 e. The number of carbonyl (C=O) groups excluding carboxylic acids is 1. The number of hydrogen-bond acceptors (Lipinski definition) is 3. The molecule has 1 aromatic rings. The zero-order chi connectivity index (χ0) is 10.9. The molecule has 4 nitrogen and oxygen atoms in total. The number of hydrogen-bond donors (Lipinski definition) is 1. The van der Waals surface area contributed by atoms with Gasteiger partial charge in [-0.2, -0.15) is 0 Å². The van der Waals surface area contributed by atoms with Crippen LogP contribution in [0.4, 0.5) is 0 Å². The van der Waals surface area contributed by atoms with Crippen LogP contribution in [0.2, 0.25) is 0 Å². The first-order valence-electron chi connectivity index (χ1n) is 4.88. The zero-order valence-corrected chi connectivity index (χ0v) is 8.82. The Kier molecular flexibility index (Phi) is 2.26. The van der Waals surface area contributed by atoms with Crippen LogP contribution < -0.4 is 5.32 Å². The van der Waals surface area contributed by atoms with Crippen LogP contribution in [0.1, 0.15) is 19.5 Å². The molecule has 0 spiro atoms. The Morgan fingerprint density at radius 3 is 2.73 bits per heavy atom. The van der Waals surface area contributed by atoms with Crippen molar-refractivity contribution < 1.29 is 4.79 Å². The smallest absolute Gasteiger partial charge is 0.252 e. The third kappa shape index (κ3) is 2.03. The first-order valence-corrected chi connectivity index (χ1v) is 4.88. The molecular weight excluding hydrogens is 190 g/mol. The molecule has 1 aliphatic heterocycles. The molecule has 0 unspecified atom stereocenters. The second-order valence-electron chi connectivity index (χ2n) is 4.07. The monoisotopic (exact) mass is 203 g/mol. The van der Waals surface area contributed by atoms with Crippen LogP contribution in [0.3, 0.4) is 0 Å². The zero-order valence-electron chi connectivity index (χ0n) is 8.82. The van der Waals surface area contributed by atoms with Crippen molar-refractivity contribution in [3.8, 4) is 0 Å². The summed E-state index contributed by atoms with van der Waals surface area (Å²) in [5, 5.41) is 2.76. The van der Waals surface area contributed by atoms with E-state index in [-0.39, 0.29) is 5.91 Å². The lowest BCUT2D eigenvalue weighted by molar-refractivity contribution is -0.122. The van der Waals surface area contributed by atoms with Gasteiger partial charge >= 0.3 is 0 Å². The minimum Gasteiger partial charge on any atom is -0.312 e. The van der Waals surface area contributed by atoms with Crippen molar-refractivity contribution in [1.82, 2.24) is 10.3 Å². The van der Waals surface area contributed by atoms with Gasteiger partial charge in [0.2, 0.25) is 0 Å². The quantitative estimate of drug-likeness (QED) is 0.777. The molecule has 0 fully saturated rings. The van der Waals surface area contributed by atoms with E-state index in [4.69, 9.17) is 0 Å². The van der Waals surface area contributed by atoms with Crippen LogP contribution in [-0.2, 0) is 11.2 Å². The summed E-state index contributed by atoms with van der Waals surface area (Å²) in [4.78, 5) is 19.9. The molecule has 0 saturated carbocycles. The maximum Gasteiger partial charge on any atom is 0.252 e. The second-order valence-corrected chi connectivity index (χ2v) is 4.07. The van der Waals surface area contributed by atoms with Crippen LogP contribution in [0.5, 0.6) is 0 Å². The maximum absolute atomic E-state index is 11.5. The van der Waals surface area contributed by atoms with E-state index in [2.05, 4.69) is 15.3 Å². The van der Waals surface area contributed by atoms with Crippen LogP contribution >= 0.6 is 0 Å². The topological polar surface area (TPSA) is 54.4 Å². The van der Waals surface area contributed by atoms with E-state index >= 15 is 0 Å². The number of amidine groups is 1. The summed E-state index contributed by atoms with van der Waals surface area (Å²) in [5.74, 6) is 0.650. The van der Waals surface area contributed by atoms with Gasteiger partial charge < -0.3 is 5.32 Å². The van der Waals surface area contributed by atoms with E-state index in [9.17, 15) is 4.79 Å². The summed E-state index contributed by atoms with van der Waals surface area (Å²) < 4.78 is 0. The van der Waals surface area contributed by atoms with E-state index < -0.39 is 5.54 Å². The molecule has 4 heteroatoms. The first-order chi connectivity index (χ1) is 7.08. The summed E-state index contributed by atoms with van der Waals surface area (Å²) in [6.07, 6.45) is 2.31. The van der Waals surface area contributed by atoms with E-state index in [0.717, 1.165) is 5.69 Å². The first kappa shape index (κ1) is 9.83. The summed E-state index contributed by atoms with van der Waals surface area (Å²) in [6, 6.07) is 5.70. The highest BCUT2D eigenvalue weighted by molar-refractivity contribution is 6.08. The SMILES string of the molecule is CC1(C)N=C(Cc2ccccn2)NC1=O. The number of rotatable bonds is 2. The van der Waals surface area contributed by atoms with Gasteiger partial charge in [0.1, 0.15) is 11.4 Å². The Morgan fingerprint density at radius 1 is 1.40 bits per heavy atom. The molecule has 0 aliphatic carbocycles. The summed E-state index contributed by atoms with van der Waals surface area (Å²) in [5.41, 5.74) is 0.277. The lowest BCUT2D eigenvalue weighted by atomic mass is 10.1. The van der Waals surface area contributed by atoms with Gasteiger partial charge in [-0.05, 0) is 26.0 Å². The molecule has 0 radical (unpaired) electrons. The van der Waals surface area contributed by atoms with Gasteiger partial charge in [-0.15, -0.1) is 0 Å². The molecule has 2 rings (SSSR count). The highest BCUT2D eigenvalue weighted by atomic mass is 16.2. The molecule has 0 bridgehead atoms. The van der Waals surface area contributed by atoms with E-state index in [1.165, 1.54) is 0 Å². The van der Waals surface area contributed by atoms with Crippen molar-refractivity contribution in [3.05, 3.63) is 30.1 Å². The van der Waals surface area contributed by atoms with Gasteiger partial charge in [0.15, 0.2) is 0 Å². The molecule has 1 N–H and O–H groups in total. The average Bonchev–Trinajstić information content (AvgIpc) is 2.42. The van der Waals surface area contributed by atoms with Crippen molar-refractivity contribution >= 4 is 11.7 Å². The highest BCUT2D eigenvalue weighted by Crippen LogP contribution is 2.15. The van der Waals surface area contributed by atoms with E-state index in [1.54, 1.807) is 20.0 Å². The molecular formula is C11H13N3O. The summed E-state index contributed by atoms with van der Waals surface area (Å²) in [6.45, 7) is 3.60. The van der Waals surface area contributed by atoms with E-state index in [0.29, 0.717) is 12.3 Å². The van der Waals surface area contributed by atoms with Crippen LogP contribution in [-0.4, -0.2) is 22.3 Å². The molecule has 1 aromatic heterocycles. The number of aliphatic imine (C=N–C) groups is 1. The van der Waals surface area contributed by atoms with Crippen molar-refractivity contribution in [2.45, 2.75) is 25.8 Å². The summed E-state index contributed by atoms with van der Waals surface area (Å²) >= 11 is 0. The molecule has 78 valence electrons. The second kappa shape index (κ2) is 3.46. The molecule has 0 atom stereocenters. The Labute approximate surface area is 88.4 Å². The fourth-order valence-corrected chi connectivity index (χ4v) is 1.46. The average molecular weight is 203 g/mol. The molecule has 0 saturated heterocycles. The maximum atomic E-state index is 11.5. The van der Waals surface area contributed by atoms with Gasteiger partial charge in [-0.25, -0.2) is 0 Å². The number of nitrogens with one attached hydrogen (secondary N) is 1. The normalized spacial score (nSPS) is 18.5. The van der Waals surface area contributed by atoms with Crippen LogP contribution in [0, 0.1) is 0 Å². The number of aromatic nitrogens is 1. The van der Waals surface area contributed by atoms with Crippen molar-refractivity contribution in [2.75, 3.05) is 0 Å². The minimum atomic E-state index is -0.635. The van der Waals surface area contributed by atoms with Crippen LogP contribution in [0.25, 0.3) is 0 Å². The Hall–Kier alpha value is -1.71.